The van der Waals surface area contributed by atoms with Crippen LogP contribution in [0.1, 0.15) is 39.5 Å². The zero-order valence-electron chi connectivity index (χ0n) is 15.1. The zero-order valence-corrected chi connectivity index (χ0v) is 15.1. The molecule has 25 heavy (non-hydrogen) atoms. The Morgan fingerprint density at radius 2 is 2.00 bits per heavy atom. The molecule has 1 fully saturated rings. The number of likely N-dealkylation sites (tertiary alicyclic amines) is 1. The molecule has 2 amide bonds. The average Bonchev–Trinajstić information content (AvgIpc) is 2.63. The smallest absolute Gasteiger partial charge is 0.267 e. The third kappa shape index (κ3) is 4.12. The van der Waals surface area contributed by atoms with Gasteiger partial charge in [0.1, 0.15) is 5.75 Å². The van der Waals surface area contributed by atoms with Crippen molar-refractivity contribution >= 4 is 23.2 Å². The summed E-state index contributed by atoms with van der Waals surface area (Å²) < 4.78 is 5.73. The van der Waals surface area contributed by atoms with Gasteiger partial charge in [0.25, 0.3) is 5.91 Å². The maximum atomic E-state index is 12.6. The summed E-state index contributed by atoms with van der Waals surface area (Å²) in [6, 6.07) is 5.48. The van der Waals surface area contributed by atoms with Gasteiger partial charge in [0.2, 0.25) is 5.91 Å². The molecule has 0 aliphatic carbocycles. The molecule has 2 aliphatic heterocycles. The molecule has 1 unspecified atom stereocenters. The lowest BCUT2D eigenvalue weighted by molar-refractivity contribution is -0.125. The number of amides is 2. The summed E-state index contributed by atoms with van der Waals surface area (Å²) in [4.78, 5) is 28.5. The lowest BCUT2D eigenvalue weighted by Crippen LogP contribution is -2.48. The number of carbonyl (C=O) groups excluding carboxylic acids is 2. The van der Waals surface area contributed by atoms with Gasteiger partial charge in [0.15, 0.2) is 6.10 Å². The average molecular weight is 345 g/mol. The summed E-state index contributed by atoms with van der Waals surface area (Å²) >= 11 is 0. The van der Waals surface area contributed by atoms with Crippen molar-refractivity contribution in [2.75, 3.05) is 36.4 Å². The second kappa shape index (κ2) is 7.87. The monoisotopic (exact) mass is 345 g/mol. The van der Waals surface area contributed by atoms with E-state index in [0.29, 0.717) is 24.4 Å². The van der Waals surface area contributed by atoms with E-state index < -0.39 is 6.10 Å². The van der Waals surface area contributed by atoms with Gasteiger partial charge >= 0.3 is 0 Å². The molecule has 3 rings (SSSR count). The largest absolute Gasteiger partial charge is 0.479 e. The van der Waals surface area contributed by atoms with Gasteiger partial charge in [0.05, 0.1) is 5.69 Å². The third-order valence-corrected chi connectivity index (χ3v) is 4.86. The van der Waals surface area contributed by atoms with Crippen molar-refractivity contribution < 1.29 is 14.3 Å². The Labute approximate surface area is 149 Å². The first-order valence-electron chi connectivity index (χ1n) is 9.22. The predicted octanol–water partition coefficient (Wildman–Crippen LogP) is 2.63. The van der Waals surface area contributed by atoms with E-state index in [1.54, 1.807) is 11.8 Å². The van der Waals surface area contributed by atoms with Gasteiger partial charge in [-0.15, -0.1) is 0 Å². The van der Waals surface area contributed by atoms with Crippen LogP contribution in [0.25, 0.3) is 0 Å². The minimum Gasteiger partial charge on any atom is -0.479 e. The number of rotatable bonds is 5. The normalized spacial score (nSPS) is 20.8. The fourth-order valence-corrected chi connectivity index (χ4v) is 3.39. The molecule has 6 heteroatoms. The first-order chi connectivity index (χ1) is 12.1. The van der Waals surface area contributed by atoms with Crippen LogP contribution in [0.3, 0.4) is 0 Å². The van der Waals surface area contributed by atoms with Crippen molar-refractivity contribution in [2.24, 2.45) is 0 Å². The lowest BCUT2D eigenvalue weighted by Gasteiger charge is -2.35. The summed E-state index contributed by atoms with van der Waals surface area (Å²) in [7, 11) is 0. The number of anilines is 2. The van der Waals surface area contributed by atoms with E-state index in [4.69, 9.17) is 4.74 Å². The van der Waals surface area contributed by atoms with Crippen LogP contribution in [0.5, 0.6) is 5.75 Å². The number of nitrogens with one attached hydrogen (secondary N) is 1. The zero-order chi connectivity index (χ0) is 17.8. The summed E-state index contributed by atoms with van der Waals surface area (Å²) in [6.07, 6.45) is 3.70. The maximum absolute atomic E-state index is 12.6. The first-order valence-corrected chi connectivity index (χ1v) is 9.22. The van der Waals surface area contributed by atoms with Gasteiger partial charge < -0.3 is 19.9 Å². The highest BCUT2D eigenvalue weighted by atomic mass is 16.5. The number of piperidine rings is 1. The predicted molar refractivity (Wildman–Crippen MR) is 98.1 cm³/mol. The third-order valence-electron chi connectivity index (χ3n) is 4.86. The van der Waals surface area contributed by atoms with Crippen molar-refractivity contribution in [1.82, 2.24) is 4.90 Å². The molecule has 0 spiro atoms. The Morgan fingerprint density at radius 1 is 1.24 bits per heavy atom. The molecule has 1 saturated heterocycles. The summed E-state index contributed by atoms with van der Waals surface area (Å²) in [5.41, 5.74) is 1.44. The van der Waals surface area contributed by atoms with E-state index in [9.17, 15) is 9.59 Å². The maximum Gasteiger partial charge on any atom is 0.267 e. The number of carbonyl (C=O) groups is 2. The highest BCUT2D eigenvalue weighted by Crippen LogP contribution is 2.36. The van der Waals surface area contributed by atoms with Crippen molar-refractivity contribution in [3.05, 3.63) is 18.2 Å². The molecular formula is C19H27N3O3. The Bertz CT molecular complexity index is 641. The molecule has 0 aromatic heterocycles. The van der Waals surface area contributed by atoms with Crippen LogP contribution in [0, 0.1) is 0 Å². The Hall–Kier alpha value is -2.08. The quantitative estimate of drug-likeness (QED) is 0.891. The van der Waals surface area contributed by atoms with Gasteiger partial charge in [-0.2, -0.15) is 0 Å². The molecule has 0 radical (unpaired) electrons. The lowest BCUT2D eigenvalue weighted by atomic mass is 10.1. The van der Waals surface area contributed by atoms with Crippen LogP contribution in [0.15, 0.2) is 18.2 Å². The molecule has 1 aromatic rings. The molecule has 136 valence electrons. The summed E-state index contributed by atoms with van der Waals surface area (Å²) in [6.45, 7) is 7.31. The molecule has 1 aromatic carbocycles. The van der Waals surface area contributed by atoms with Gasteiger partial charge in [-0.1, -0.05) is 13.3 Å². The van der Waals surface area contributed by atoms with Gasteiger partial charge in [-0.05, 0) is 51.1 Å². The van der Waals surface area contributed by atoms with Crippen LogP contribution >= 0.6 is 0 Å². The van der Waals surface area contributed by atoms with Crippen LogP contribution in [0.2, 0.25) is 0 Å². The number of benzene rings is 1. The molecule has 2 heterocycles. The Kier molecular flexibility index (Phi) is 5.58. The number of fused-ring (bicyclic) bond motifs is 1. The molecule has 0 bridgehead atoms. The second-order valence-electron chi connectivity index (χ2n) is 6.74. The fraction of sp³-hybridized carbons (Fsp3) is 0.579. The molecule has 1 N–H and O–H groups in total. The first kappa shape index (κ1) is 17.7. The van der Waals surface area contributed by atoms with Crippen molar-refractivity contribution in [2.45, 2.75) is 45.6 Å². The number of hydrogen-bond acceptors (Lipinski definition) is 4. The van der Waals surface area contributed by atoms with E-state index in [1.807, 2.05) is 25.1 Å². The highest BCUT2D eigenvalue weighted by molar-refractivity contribution is 6.01. The van der Waals surface area contributed by atoms with Crippen LogP contribution < -0.4 is 15.0 Å². The van der Waals surface area contributed by atoms with E-state index >= 15 is 0 Å². The van der Waals surface area contributed by atoms with E-state index in [0.717, 1.165) is 25.3 Å². The van der Waals surface area contributed by atoms with Gasteiger partial charge in [-0.3, -0.25) is 9.59 Å². The standard InChI is InChI=1S/C19H27N3O3/c1-3-18(23)20-15-7-8-17-16(13-15)22(19(24)14(2)25-17)12-11-21-9-5-4-6-10-21/h7-8,13-14H,3-6,9-12H2,1-2H3,(H,20,23). The summed E-state index contributed by atoms with van der Waals surface area (Å²) in [5, 5.41) is 2.85. The minimum absolute atomic E-state index is 0.0246. The van der Waals surface area contributed by atoms with Crippen LogP contribution in [-0.2, 0) is 9.59 Å². The second-order valence-corrected chi connectivity index (χ2v) is 6.74. The van der Waals surface area contributed by atoms with Crippen LogP contribution in [-0.4, -0.2) is 49.0 Å². The van der Waals surface area contributed by atoms with Crippen molar-refractivity contribution in [1.29, 1.82) is 0 Å². The highest BCUT2D eigenvalue weighted by Gasteiger charge is 2.32. The number of hydrogen-bond donors (Lipinski definition) is 1. The van der Waals surface area contributed by atoms with Crippen molar-refractivity contribution in [3.8, 4) is 5.75 Å². The molecule has 6 nitrogen and oxygen atoms in total. The fourth-order valence-electron chi connectivity index (χ4n) is 3.39. The number of ether oxygens (including phenoxy) is 1. The molecule has 1 atom stereocenters. The van der Waals surface area contributed by atoms with Crippen LogP contribution in [0.4, 0.5) is 11.4 Å². The molecule has 0 saturated carbocycles. The summed E-state index contributed by atoms with van der Waals surface area (Å²) in [5.74, 6) is 0.625. The SMILES string of the molecule is CCC(=O)Nc1ccc2c(c1)N(CCN1CCCCC1)C(=O)C(C)O2. The van der Waals surface area contributed by atoms with Crippen molar-refractivity contribution in [3.63, 3.8) is 0 Å². The van der Waals surface area contributed by atoms with E-state index in [1.165, 1.54) is 19.3 Å². The van der Waals surface area contributed by atoms with E-state index in [-0.39, 0.29) is 11.8 Å². The Morgan fingerprint density at radius 3 is 2.72 bits per heavy atom. The topological polar surface area (TPSA) is 61.9 Å². The van der Waals surface area contributed by atoms with Gasteiger partial charge in [0, 0.05) is 25.2 Å². The molecular weight excluding hydrogens is 318 g/mol. The van der Waals surface area contributed by atoms with Gasteiger partial charge in [-0.25, -0.2) is 0 Å². The van der Waals surface area contributed by atoms with E-state index in [2.05, 4.69) is 10.2 Å². The minimum atomic E-state index is -0.482. The molecule has 2 aliphatic rings. The number of nitrogens with zero attached hydrogens (tertiary/aromatic N) is 2. The Balaban J connectivity index is 1.78.